The van der Waals surface area contributed by atoms with Crippen molar-refractivity contribution in [2.45, 2.75) is 37.1 Å². The van der Waals surface area contributed by atoms with Crippen molar-refractivity contribution >= 4 is 39.9 Å². The van der Waals surface area contributed by atoms with Crippen molar-refractivity contribution in [3.8, 4) is 0 Å². The number of nitrogens with zero attached hydrogens (tertiary/aromatic N) is 1. The van der Waals surface area contributed by atoms with Gasteiger partial charge in [-0.25, -0.2) is 0 Å². The molecule has 2 aliphatic rings. The fourth-order valence-electron chi connectivity index (χ4n) is 2.73. The van der Waals surface area contributed by atoms with Gasteiger partial charge in [-0.3, -0.25) is 4.72 Å². The number of aldehydes is 1. The van der Waals surface area contributed by atoms with E-state index in [4.69, 9.17) is 4.79 Å². The summed E-state index contributed by atoms with van der Waals surface area (Å²) in [6, 6.07) is 5.17. The number of likely N-dealkylation sites (N-methyl/N-ethyl adjacent to an activating group) is 1. The van der Waals surface area contributed by atoms with E-state index in [1.165, 1.54) is 40.4 Å². The number of nitrogens with one attached hydrogen (secondary N) is 2. The average molecular weight is 386 g/mol. The van der Waals surface area contributed by atoms with Crippen LogP contribution in [0.3, 0.4) is 0 Å². The third-order valence-corrected chi connectivity index (χ3v) is 5.82. The molecule has 1 aromatic carbocycles. The summed E-state index contributed by atoms with van der Waals surface area (Å²) in [5.41, 5.74) is 2.84. The molecule has 1 saturated heterocycles. The van der Waals surface area contributed by atoms with E-state index in [0.29, 0.717) is 6.04 Å². The van der Waals surface area contributed by atoms with Gasteiger partial charge in [0.05, 0.1) is 0 Å². The molecule has 0 radical (unpaired) electrons. The van der Waals surface area contributed by atoms with Crippen LogP contribution in [-0.4, -0.2) is 39.0 Å². The normalized spacial score (nSPS) is 20.1. The smallest absolute Gasteiger partial charge is 0.116 e. The highest BCUT2D eigenvalue weighted by Gasteiger charge is 2.19. The van der Waals surface area contributed by atoms with Gasteiger partial charge in [0, 0.05) is 41.2 Å². The summed E-state index contributed by atoms with van der Waals surface area (Å²) in [7, 11) is 2.17. The van der Waals surface area contributed by atoms with Crippen LogP contribution in [0.5, 0.6) is 0 Å². The van der Waals surface area contributed by atoms with Crippen molar-refractivity contribution in [3.05, 3.63) is 22.2 Å². The first-order chi connectivity index (χ1) is 10.7. The zero-order valence-corrected chi connectivity index (χ0v) is 15.6. The molecule has 1 atom stereocenters. The summed E-state index contributed by atoms with van der Waals surface area (Å²) >= 11 is 5.46. The quantitative estimate of drug-likeness (QED) is 0.618. The van der Waals surface area contributed by atoms with Crippen LogP contribution in [-0.2, 0) is 11.2 Å². The fourth-order valence-corrected chi connectivity index (χ4v) is 4.18. The largest absolute Gasteiger partial charge is 0.374 e. The molecule has 1 fully saturated rings. The van der Waals surface area contributed by atoms with Crippen molar-refractivity contribution in [3.63, 3.8) is 0 Å². The zero-order valence-electron chi connectivity index (χ0n) is 13.2. The molecule has 0 bridgehead atoms. The molecular weight excluding hydrogens is 362 g/mol. The lowest BCUT2D eigenvalue weighted by Crippen LogP contribution is -2.40. The number of halogens is 1. The molecule has 6 heteroatoms. The Morgan fingerprint density at radius 3 is 2.95 bits per heavy atom. The molecule has 1 unspecified atom stereocenters. The second-order valence-corrected chi connectivity index (χ2v) is 7.32. The number of carbonyl (C=O) groups is 1. The standard InChI is InChI=1S/C14H20BrN3S.C2H4O/c1-18-6-4-10-7-12(15)14(8-13(10)18)19-17-11-3-2-5-16-9-11;1-2-3/h7-8,11,16-17H,2-6,9H2,1H3;2H,1H3. The van der Waals surface area contributed by atoms with Crippen LogP contribution in [0.15, 0.2) is 21.5 Å². The van der Waals surface area contributed by atoms with Crippen LogP contribution in [0, 0.1) is 0 Å². The molecule has 0 saturated carbocycles. The molecule has 1 aromatic rings. The van der Waals surface area contributed by atoms with Gasteiger partial charge in [-0.15, -0.1) is 0 Å². The van der Waals surface area contributed by atoms with E-state index >= 15 is 0 Å². The molecule has 0 amide bonds. The van der Waals surface area contributed by atoms with Crippen LogP contribution >= 0.6 is 27.9 Å². The van der Waals surface area contributed by atoms with Crippen molar-refractivity contribution in [2.75, 3.05) is 31.6 Å². The molecule has 3 rings (SSSR count). The Labute approximate surface area is 145 Å². The first-order valence-electron chi connectivity index (χ1n) is 7.72. The highest BCUT2D eigenvalue weighted by atomic mass is 79.9. The predicted octanol–water partition coefficient (Wildman–Crippen LogP) is 3.00. The number of rotatable bonds is 3. The van der Waals surface area contributed by atoms with E-state index in [0.717, 1.165) is 32.3 Å². The second-order valence-electron chi connectivity index (χ2n) is 5.58. The highest BCUT2D eigenvalue weighted by molar-refractivity contribution is 9.10. The number of hydrogen-bond donors (Lipinski definition) is 2. The van der Waals surface area contributed by atoms with Gasteiger partial charge in [-0.1, -0.05) is 0 Å². The molecule has 122 valence electrons. The summed E-state index contributed by atoms with van der Waals surface area (Å²) < 4.78 is 4.80. The maximum absolute atomic E-state index is 8.81. The van der Waals surface area contributed by atoms with Gasteiger partial charge in [0.15, 0.2) is 0 Å². The second kappa shape index (κ2) is 8.91. The van der Waals surface area contributed by atoms with Gasteiger partial charge < -0.3 is 15.0 Å². The Morgan fingerprint density at radius 1 is 1.50 bits per heavy atom. The predicted molar refractivity (Wildman–Crippen MR) is 97.7 cm³/mol. The minimum atomic E-state index is 0.580. The van der Waals surface area contributed by atoms with Crippen LogP contribution in [0.2, 0.25) is 0 Å². The molecule has 0 aromatic heterocycles. The van der Waals surface area contributed by atoms with Crippen molar-refractivity contribution in [1.82, 2.24) is 10.0 Å². The molecule has 0 spiro atoms. The number of piperidine rings is 1. The molecule has 2 aliphatic heterocycles. The summed E-state index contributed by atoms with van der Waals surface area (Å²) in [4.78, 5) is 12.4. The van der Waals surface area contributed by atoms with Crippen molar-refractivity contribution < 1.29 is 4.79 Å². The summed E-state index contributed by atoms with van der Waals surface area (Å²) in [6.07, 6.45) is 4.45. The number of hydrogen-bond acceptors (Lipinski definition) is 5. The van der Waals surface area contributed by atoms with E-state index in [-0.39, 0.29) is 0 Å². The third-order valence-electron chi connectivity index (χ3n) is 3.89. The minimum Gasteiger partial charge on any atom is -0.374 e. The lowest BCUT2D eigenvalue weighted by Gasteiger charge is -2.23. The van der Waals surface area contributed by atoms with Crippen molar-refractivity contribution in [2.24, 2.45) is 0 Å². The van der Waals surface area contributed by atoms with Crippen LogP contribution in [0.1, 0.15) is 25.3 Å². The van der Waals surface area contributed by atoms with Crippen LogP contribution in [0.25, 0.3) is 0 Å². The SMILES string of the molecule is CC=O.CN1CCc2cc(Br)c(SNC3CCCNC3)cc21. The molecular formula is C16H24BrN3OS. The number of benzene rings is 1. The third kappa shape index (κ3) is 4.72. The van der Waals surface area contributed by atoms with Crippen LogP contribution < -0.4 is 14.9 Å². The summed E-state index contributed by atoms with van der Waals surface area (Å²) in [5, 5.41) is 3.44. The molecule has 0 aliphatic carbocycles. The number of fused-ring (bicyclic) bond motifs is 1. The summed E-state index contributed by atoms with van der Waals surface area (Å²) in [6.45, 7) is 4.82. The van der Waals surface area contributed by atoms with Gasteiger partial charge in [0.2, 0.25) is 0 Å². The van der Waals surface area contributed by atoms with E-state index in [2.05, 4.69) is 50.0 Å². The zero-order chi connectivity index (χ0) is 15.9. The number of anilines is 1. The molecule has 2 N–H and O–H groups in total. The van der Waals surface area contributed by atoms with E-state index < -0.39 is 0 Å². The van der Waals surface area contributed by atoms with Gasteiger partial charge in [-0.05, 0) is 78.3 Å². The molecule has 4 nitrogen and oxygen atoms in total. The van der Waals surface area contributed by atoms with Gasteiger partial charge >= 0.3 is 0 Å². The Morgan fingerprint density at radius 2 is 2.27 bits per heavy atom. The van der Waals surface area contributed by atoms with Gasteiger partial charge in [0.1, 0.15) is 6.29 Å². The Balaban J connectivity index is 0.000000545. The van der Waals surface area contributed by atoms with Gasteiger partial charge in [0.25, 0.3) is 0 Å². The van der Waals surface area contributed by atoms with E-state index in [1.807, 2.05) is 0 Å². The Bertz CT molecular complexity index is 506. The average Bonchev–Trinajstić information content (AvgIpc) is 2.87. The fraction of sp³-hybridized carbons (Fsp3) is 0.562. The Hall–Kier alpha value is -0.560. The van der Waals surface area contributed by atoms with Crippen molar-refractivity contribution in [1.29, 1.82) is 0 Å². The lowest BCUT2D eigenvalue weighted by atomic mass is 10.1. The van der Waals surface area contributed by atoms with Crippen LogP contribution in [0.4, 0.5) is 5.69 Å². The maximum Gasteiger partial charge on any atom is 0.116 e. The summed E-state index contributed by atoms with van der Waals surface area (Å²) in [5.74, 6) is 0. The first-order valence-corrected chi connectivity index (χ1v) is 9.33. The molecule has 2 heterocycles. The number of carbonyl (C=O) groups excluding carboxylic acids is 1. The lowest BCUT2D eigenvalue weighted by molar-refractivity contribution is -0.106. The van der Waals surface area contributed by atoms with E-state index in [1.54, 1.807) is 11.9 Å². The van der Waals surface area contributed by atoms with Gasteiger partial charge in [-0.2, -0.15) is 0 Å². The Kier molecular flexibility index (Phi) is 7.21. The maximum atomic E-state index is 8.81. The van der Waals surface area contributed by atoms with E-state index in [9.17, 15) is 0 Å². The highest BCUT2D eigenvalue weighted by Crippen LogP contribution is 2.36. The minimum absolute atomic E-state index is 0.580. The monoisotopic (exact) mass is 385 g/mol. The topological polar surface area (TPSA) is 44.4 Å². The first kappa shape index (κ1) is 17.8. The molecule has 22 heavy (non-hydrogen) atoms.